The lowest BCUT2D eigenvalue weighted by Gasteiger charge is -2.40. The van der Waals surface area contributed by atoms with E-state index in [0.717, 1.165) is 12.4 Å². The Kier molecular flexibility index (Phi) is 3.82. The molecule has 0 bridgehead atoms. The Morgan fingerprint density at radius 3 is 2.65 bits per heavy atom. The van der Waals surface area contributed by atoms with E-state index in [-0.39, 0.29) is 0 Å². The van der Waals surface area contributed by atoms with Crippen LogP contribution in [0.15, 0.2) is 6.33 Å². The number of aryl methyl sites for hydroxylation is 1. The molecule has 1 atom stereocenters. The van der Waals surface area contributed by atoms with Gasteiger partial charge in [0.1, 0.15) is 12.2 Å². The molecule has 1 saturated carbocycles. The molecule has 1 aromatic rings. The smallest absolute Gasteiger partial charge is 0.144 e. The van der Waals surface area contributed by atoms with Gasteiger partial charge < -0.3 is 5.32 Å². The predicted molar refractivity (Wildman–Crippen MR) is 68.6 cm³/mol. The van der Waals surface area contributed by atoms with Gasteiger partial charge in [0, 0.05) is 7.05 Å². The Bertz CT molecular complexity index is 352. The fraction of sp³-hybridized carbons (Fsp3) is 0.846. The van der Waals surface area contributed by atoms with Gasteiger partial charge in [-0.1, -0.05) is 33.1 Å². The number of nitrogens with zero attached hydrogens (tertiary/aromatic N) is 3. The monoisotopic (exact) mass is 236 g/mol. The van der Waals surface area contributed by atoms with E-state index in [1.807, 2.05) is 11.7 Å². The standard InChI is InChI=1S/C13H24N4/c1-4-14-11(12-15-10-16-17(12)3)13(2)8-6-5-7-9-13/h10-11,14H,4-9H2,1-3H3. The molecule has 96 valence electrons. The van der Waals surface area contributed by atoms with Crippen LogP contribution in [0.1, 0.15) is 57.8 Å². The van der Waals surface area contributed by atoms with E-state index in [9.17, 15) is 0 Å². The minimum Gasteiger partial charge on any atom is -0.307 e. The fourth-order valence-electron chi connectivity index (χ4n) is 3.07. The molecule has 4 heteroatoms. The third-order valence-corrected chi connectivity index (χ3v) is 4.11. The van der Waals surface area contributed by atoms with Crippen molar-refractivity contribution >= 4 is 0 Å². The first-order valence-electron chi connectivity index (χ1n) is 6.74. The Morgan fingerprint density at radius 2 is 2.12 bits per heavy atom. The summed E-state index contributed by atoms with van der Waals surface area (Å²) in [5.74, 6) is 1.08. The van der Waals surface area contributed by atoms with Gasteiger partial charge >= 0.3 is 0 Å². The van der Waals surface area contributed by atoms with Crippen LogP contribution in [-0.4, -0.2) is 21.3 Å². The summed E-state index contributed by atoms with van der Waals surface area (Å²) in [5, 5.41) is 7.82. The van der Waals surface area contributed by atoms with Gasteiger partial charge in [0.2, 0.25) is 0 Å². The maximum atomic E-state index is 4.44. The van der Waals surface area contributed by atoms with Crippen molar-refractivity contribution in [1.82, 2.24) is 20.1 Å². The zero-order valence-electron chi connectivity index (χ0n) is 11.2. The first kappa shape index (κ1) is 12.6. The van der Waals surface area contributed by atoms with Crippen LogP contribution in [-0.2, 0) is 7.05 Å². The third-order valence-electron chi connectivity index (χ3n) is 4.11. The maximum absolute atomic E-state index is 4.44. The van der Waals surface area contributed by atoms with Crippen LogP contribution in [0, 0.1) is 5.41 Å². The van der Waals surface area contributed by atoms with Crippen molar-refractivity contribution < 1.29 is 0 Å². The summed E-state index contributed by atoms with van der Waals surface area (Å²) in [6.45, 7) is 5.54. The average Bonchev–Trinajstić information content (AvgIpc) is 2.73. The number of nitrogens with one attached hydrogen (secondary N) is 1. The highest BCUT2D eigenvalue weighted by Gasteiger charge is 2.38. The molecule has 4 nitrogen and oxygen atoms in total. The summed E-state index contributed by atoms with van der Waals surface area (Å²) in [4.78, 5) is 4.44. The van der Waals surface area contributed by atoms with E-state index >= 15 is 0 Å². The summed E-state index contributed by atoms with van der Waals surface area (Å²) >= 11 is 0. The zero-order chi connectivity index (χ0) is 12.3. The molecule has 1 aliphatic rings. The Balaban J connectivity index is 2.25. The van der Waals surface area contributed by atoms with Gasteiger partial charge in [-0.25, -0.2) is 4.98 Å². The van der Waals surface area contributed by atoms with Gasteiger partial charge in [-0.2, -0.15) is 5.10 Å². The number of hydrogen-bond donors (Lipinski definition) is 1. The van der Waals surface area contributed by atoms with Crippen molar-refractivity contribution in [3.63, 3.8) is 0 Å². The molecule has 1 unspecified atom stereocenters. The highest BCUT2D eigenvalue weighted by Crippen LogP contribution is 2.44. The average molecular weight is 236 g/mol. The van der Waals surface area contributed by atoms with Crippen LogP contribution in [0.5, 0.6) is 0 Å². The van der Waals surface area contributed by atoms with Crippen molar-refractivity contribution in [2.45, 2.75) is 52.0 Å². The molecule has 17 heavy (non-hydrogen) atoms. The van der Waals surface area contributed by atoms with Crippen LogP contribution < -0.4 is 5.32 Å². The van der Waals surface area contributed by atoms with E-state index in [4.69, 9.17) is 0 Å². The van der Waals surface area contributed by atoms with E-state index < -0.39 is 0 Å². The molecule has 0 radical (unpaired) electrons. The normalized spacial score (nSPS) is 21.4. The van der Waals surface area contributed by atoms with Crippen molar-refractivity contribution in [2.24, 2.45) is 12.5 Å². The lowest BCUT2D eigenvalue weighted by atomic mass is 9.70. The first-order chi connectivity index (χ1) is 8.17. The molecule has 1 heterocycles. The van der Waals surface area contributed by atoms with Gasteiger partial charge in [-0.15, -0.1) is 0 Å². The molecule has 1 fully saturated rings. The van der Waals surface area contributed by atoms with Crippen molar-refractivity contribution in [3.05, 3.63) is 12.2 Å². The quantitative estimate of drug-likeness (QED) is 0.873. The van der Waals surface area contributed by atoms with Gasteiger partial charge in [0.25, 0.3) is 0 Å². The van der Waals surface area contributed by atoms with Gasteiger partial charge in [0.15, 0.2) is 0 Å². The summed E-state index contributed by atoms with van der Waals surface area (Å²) in [5.41, 5.74) is 0.328. The van der Waals surface area contributed by atoms with Crippen LogP contribution in [0.25, 0.3) is 0 Å². The fourth-order valence-corrected chi connectivity index (χ4v) is 3.07. The van der Waals surface area contributed by atoms with Gasteiger partial charge in [-0.05, 0) is 24.8 Å². The lowest BCUT2D eigenvalue weighted by Crippen LogP contribution is -2.39. The van der Waals surface area contributed by atoms with Gasteiger partial charge in [-0.3, -0.25) is 4.68 Å². The molecular weight excluding hydrogens is 212 g/mol. The second-order valence-corrected chi connectivity index (χ2v) is 5.45. The SMILES string of the molecule is CCNC(c1ncnn1C)C1(C)CCCCC1. The molecule has 0 amide bonds. The Morgan fingerprint density at radius 1 is 1.41 bits per heavy atom. The second-order valence-electron chi connectivity index (χ2n) is 5.45. The first-order valence-corrected chi connectivity index (χ1v) is 6.74. The van der Waals surface area contributed by atoms with E-state index in [1.54, 1.807) is 6.33 Å². The Labute approximate surface area is 104 Å². The molecule has 1 aromatic heterocycles. The van der Waals surface area contributed by atoms with Crippen LogP contribution >= 0.6 is 0 Å². The van der Waals surface area contributed by atoms with Crippen LogP contribution in [0.2, 0.25) is 0 Å². The van der Waals surface area contributed by atoms with E-state index in [2.05, 4.69) is 29.2 Å². The van der Waals surface area contributed by atoms with Crippen molar-refractivity contribution in [2.75, 3.05) is 6.54 Å². The predicted octanol–water partition coefficient (Wildman–Crippen LogP) is 2.44. The molecule has 0 saturated heterocycles. The van der Waals surface area contributed by atoms with E-state index in [0.29, 0.717) is 11.5 Å². The summed E-state index contributed by atoms with van der Waals surface area (Å²) < 4.78 is 1.91. The molecule has 1 aliphatic carbocycles. The molecular formula is C13H24N4. The molecule has 2 rings (SSSR count). The van der Waals surface area contributed by atoms with E-state index in [1.165, 1.54) is 32.1 Å². The number of rotatable bonds is 4. The zero-order valence-corrected chi connectivity index (χ0v) is 11.2. The second kappa shape index (κ2) is 5.17. The summed E-state index contributed by atoms with van der Waals surface area (Å²) in [6, 6.07) is 0.334. The largest absolute Gasteiger partial charge is 0.307 e. The minimum absolute atomic E-state index is 0.328. The topological polar surface area (TPSA) is 42.7 Å². The third kappa shape index (κ3) is 2.51. The van der Waals surface area contributed by atoms with Gasteiger partial charge in [0.05, 0.1) is 6.04 Å². The minimum atomic E-state index is 0.328. The highest BCUT2D eigenvalue weighted by molar-refractivity contribution is 5.03. The van der Waals surface area contributed by atoms with Crippen LogP contribution in [0.4, 0.5) is 0 Å². The number of hydrogen-bond acceptors (Lipinski definition) is 3. The Hall–Kier alpha value is -0.900. The maximum Gasteiger partial charge on any atom is 0.144 e. The summed E-state index contributed by atoms with van der Waals surface area (Å²) in [6.07, 6.45) is 8.31. The lowest BCUT2D eigenvalue weighted by molar-refractivity contribution is 0.137. The number of aromatic nitrogens is 3. The molecule has 0 aromatic carbocycles. The molecule has 0 aliphatic heterocycles. The highest BCUT2D eigenvalue weighted by atomic mass is 15.3. The van der Waals surface area contributed by atoms with Crippen molar-refractivity contribution in [3.8, 4) is 0 Å². The molecule has 0 spiro atoms. The van der Waals surface area contributed by atoms with Crippen LogP contribution in [0.3, 0.4) is 0 Å². The molecule has 1 N–H and O–H groups in total. The van der Waals surface area contributed by atoms with Crippen molar-refractivity contribution in [1.29, 1.82) is 0 Å². The summed E-state index contributed by atoms with van der Waals surface area (Å²) in [7, 11) is 1.98.